The maximum atomic E-state index is 10.6. The van der Waals surface area contributed by atoms with Crippen molar-refractivity contribution in [1.29, 1.82) is 0 Å². The molecule has 110 valence electrons. The third kappa shape index (κ3) is 2.74. The van der Waals surface area contributed by atoms with Gasteiger partial charge in [-0.3, -0.25) is 4.90 Å². The molecule has 0 spiro atoms. The van der Waals surface area contributed by atoms with E-state index in [1.54, 1.807) is 0 Å². The molecule has 0 bridgehead atoms. The molecule has 1 aliphatic carbocycles. The second kappa shape index (κ2) is 5.28. The van der Waals surface area contributed by atoms with Crippen LogP contribution in [0.15, 0.2) is 48.5 Å². The molecule has 3 rings (SSSR count). The van der Waals surface area contributed by atoms with E-state index >= 15 is 0 Å². The van der Waals surface area contributed by atoms with Crippen LogP contribution in [0.4, 0.5) is 0 Å². The van der Waals surface area contributed by atoms with Crippen LogP contribution >= 0.6 is 0 Å². The molecular formula is C19H23NO. The first kappa shape index (κ1) is 14.3. The molecule has 2 heteroatoms. The average molecular weight is 281 g/mol. The van der Waals surface area contributed by atoms with Gasteiger partial charge in [-0.1, -0.05) is 54.1 Å². The van der Waals surface area contributed by atoms with E-state index in [0.29, 0.717) is 0 Å². The molecule has 1 N–H and O–H groups in total. The van der Waals surface area contributed by atoms with Gasteiger partial charge in [-0.25, -0.2) is 0 Å². The summed E-state index contributed by atoms with van der Waals surface area (Å²) in [5.74, 6) is 0. The van der Waals surface area contributed by atoms with Crippen molar-refractivity contribution in [2.45, 2.75) is 38.5 Å². The van der Waals surface area contributed by atoms with Crippen molar-refractivity contribution in [3.63, 3.8) is 0 Å². The predicted molar refractivity (Wildman–Crippen MR) is 86.0 cm³/mol. The Hall–Kier alpha value is -1.64. The molecule has 2 nitrogen and oxygen atoms in total. The zero-order valence-corrected chi connectivity index (χ0v) is 13.0. The van der Waals surface area contributed by atoms with Crippen molar-refractivity contribution in [3.05, 3.63) is 70.8 Å². The molecule has 21 heavy (non-hydrogen) atoms. The fourth-order valence-corrected chi connectivity index (χ4v) is 3.36. The van der Waals surface area contributed by atoms with E-state index in [4.69, 9.17) is 0 Å². The minimum absolute atomic E-state index is 0.275. The lowest BCUT2D eigenvalue weighted by molar-refractivity contribution is 0.0365. The molecule has 0 amide bonds. The van der Waals surface area contributed by atoms with Crippen LogP contribution in [0.25, 0.3) is 0 Å². The minimum Gasteiger partial charge on any atom is -0.385 e. The third-order valence-corrected chi connectivity index (χ3v) is 4.58. The number of nitrogens with zero attached hydrogens (tertiary/aromatic N) is 1. The van der Waals surface area contributed by atoms with Crippen LogP contribution in [-0.4, -0.2) is 17.1 Å². The summed E-state index contributed by atoms with van der Waals surface area (Å²) in [6, 6.07) is 17.2. The molecule has 2 aromatic carbocycles. The molecule has 0 aromatic heterocycles. The van der Waals surface area contributed by atoms with E-state index < -0.39 is 5.60 Å². The molecule has 0 radical (unpaired) electrons. The Bertz CT molecular complexity index is 630. The van der Waals surface area contributed by atoms with Crippen LogP contribution in [0.3, 0.4) is 0 Å². The van der Waals surface area contributed by atoms with Gasteiger partial charge in [-0.05, 0) is 44.0 Å². The molecule has 0 heterocycles. The zero-order chi connectivity index (χ0) is 15.0. The second-order valence-corrected chi connectivity index (χ2v) is 6.48. The highest BCUT2D eigenvalue weighted by molar-refractivity contribution is 5.39. The summed E-state index contributed by atoms with van der Waals surface area (Å²) in [7, 11) is 2.14. The standard InChI is InChI=1S/C19H23NO/c1-14-8-10-15(11-9-14)13-20(3)18-12-19(2,21)17-7-5-4-6-16(17)18/h4-11,18,21H,12-13H2,1-3H3. The zero-order valence-electron chi connectivity index (χ0n) is 13.0. The van der Waals surface area contributed by atoms with Crippen molar-refractivity contribution >= 4 is 0 Å². The third-order valence-electron chi connectivity index (χ3n) is 4.58. The van der Waals surface area contributed by atoms with Crippen LogP contribution in [-0.2, 0) is 12.1 Å². The summed E-state index contributed by atoms with van der Waals surface area (Å²) in [6.07, 6.45) is 0.759. The SMILES string of the molecule is Cc1ccc(CN(C)C2CC(C)(O)c3ccccc32)cc1. The molecule has 2 aromatic rings. The van der Waals surface area contributed by atoms with Crippen LogP contribution in [0.2, 0.25) is 0 Å². The molecular weight excluding hydrogens is 258 g/mol. The normalized spacial score (nSPS) is 24.3. The maximum absolute atomic E-state index is 10.6. The van der Waals surface area contributed by atoms with Crippen LogP contribution in [0, 0.1) is 6.92 Å². The van der Waals surface area contributed by atoms with Gasteiger partial charge >= 0.3 is 0 Å². The number of aliphatic hydroxyl groups is 1. The first-order valence-electron chi connectivity index (χ1n) is 7.55. The largest absolute Gasteiger partial charge is 0.385 e. The highest BCUT2D eigenvalue weighted by Gasteiger charge is 2.39. The summed E-state index contributed by atoms with van der Waals surface area (Å²) in [5, 5.41) is 10.6. The lowest BCUT2D eigenvalue weighted by atomic mass is 9.99. The fraction of sp³-hybridized carbons (Fsp3) is 0.368. The summed E-state index contributed by atoms with van der Waals surface area (Å²) in [5.41, 5.74) is 4.22. The summed E-state index contributed by atoms with van der Waals surface area (Å²) in [6.45, 7) is 4.93. The van der Waals surface area contributed by atoms with Crippen molar-refractivity contribution in [1.82, 2.24) is 4.90 Å². The molecule has 2 unspecified atom stereocenters. The molecule has 0 fully saturated rings. The molecule has 0 aliphatic heterocycles. The van der Waals surface area contributed by atoms with Gasteiger partial charge in [0.1, 0.15) is 0 Å². The van der Waals surface area contributed by atoms with Gasteiger partial charge in [0.15, 0.2) is 0 Å². The smallest absolute Gasteiger partial charge is 0.0890 e. The summed E-state index contributed by atoms with van der Waals surface area (Å²) >= 11 is 0. The van der Waals surface area contributed by atoms with E-state index in [-0.39, 0.29) is 6.04 Å². The second-order valence-electron chi connectivity index (χ2n) is 6.48. The minimum atomic E-state index is -0.719. The number of fused-ring (bicyclic) bond motifs is 1. The van der Waals surface area contributed by atoms with Gasteiger partial charge in [0.25, 0.3) is 0 Å². The van der Waals surface area contributed by atoms with Crippen LogP contribution in [0.5, 0.6) is 0 Å². The molecule has 1 aliphatic rings. The lowest BCUT2D eigenvalue weighted by Gasteiger charge is -2.26. The number of rotatable bonds is 3. The average Bonchev–Trinajstić information content (AvgIpc) is 2.74. The van der Waals surface area contributed by atoms with Crippen molar-refractivity contribution in [2.24, 2.45) is 0 Å². The highest BCUT2D eigenvalue weighted by Crippen LogP contribution is 2.45. The Kier molecular flexibility index (Phi) is 3.60. The quantitative estimate of drug-likeness (QED) is 0.925. The van der Waals surface area contributed by atoms with Gasteiger partial charge in [-0.15, -0.1) is 0 Å². The first-order chi connectivity index (χ1) is 9.97. The predicted octanol–water partition coefficient (Wildman–Crippen LogP) is 3.78. The van der Waals surface area contributed by atoms with E-state index in [0.717, 1.165) is 18.5 Å². The number of hydrogen-bond donors (Lipinski definition) is 1. The van der Waals surface area contributed by atoms with Crippen molar-refractivity contribution < 1.29 is 5.11 Å². The Morgan fingerprint density at radius 3 is 2.52 bits per heavy atom. The topological polar surface area (TPSA) is 23.5 Å². The summed E-state index contributed by atoms with van der Waals surface area (Å²) in [4.78, 5) is 2.34. The van der Waals surface area contributed by atoms with Gasteiger partial charge in [-0.2, -0.15) is 0 Å². The van der Waals surface area contributed by atoms with Crippen LogP contribution in [0.1, 0.15) is 41.6 Å². The van der Waals surface area contributed by atoms with E-state index in [9.17, 15) is 5.11 Å². The lowest BCUT2D eigenvalue weighted by Crippen LogP contribution is -2.25. The van der Waals surface area contributed by atoms with Gasteiger partial charge in [0.05, 0.1) is 5.60 Å². The number of hydrogen-bond acceptors (Lipinski definition) is 2. The van der Waals surface area contributed by atoms with Crippen molar-refractivity contribution in [2.75, 3.05) is 7.05 Å². The van der Waals surface area contributed by atoms with E-state index in [1.807, 2.05) is 13.0 Å². The van der Waals surface area contributed by atoms with Gasteiger partial charge in [0, 0.05) is 12.6 Å². The first-order valence-corrected chi connectivity index (χ1v) is 7.55. The number of benzene rings is 2. The van der Waals surface area contributed by atoms with Gasteiger partial charge < -0.3 is 5.11 Å². The van der Waals surface area contributed by atoms with E-state index in [2.05, 4.69) is 61.3 Å². The molecule has 2 atom stereocenters. The fourth-order valence-electron chi connectivity index (χ4n) is 3.36. The Labute approximate surface area is 127 Å². The monoisotopic (exact) mass is 281 g/mol. The summed E-state index contributed by atoms with van der Waals surface area (Å²) < 4.78 is 0. The Balaban J connectivity index is 1.83. The van der Waals surface area contributed by atoms with Crippen molar-refractivity contribution in [3.8, 4) is 0 Å². The number of aryl methyl sites for hydroxylation is 1. The Morgan fingerprint density at radius 1 is 1.14 bits per heavy atom. The molecule has 0 saturated carbocycles. The maximum Gasteiger partial charge on any atom is 0.0890 e. The van der Waals surface area contributed by atoms with E-state index in [1.165, 1.54) is 16.7 Å². The molecule has 0 saturated heterocycles. The van der Waals surface area contributed by atoms with Gasteiger partial charge in [0.2, 0.25) is 0 Å². The van der Waals surface area contributed by atoms with Crippen LogP contribution < -0.4 is 0 Å². The Morgan fingerprint density at radius 2 is 1.81 bits per heavy atom. The highest BCUT2D eigenvalue weighted by atomic mass is 16.3.